The van der Waals surface area contributed by atoms with E-state index in [1.807, 2.05) is 6.92 Å². The summed E-state index contributed by atoms with van der Waals surface area (Å²) in [5.74, 6) is -1.66. The van der Waals surface area contributed by atoms with Crippen molar-refractivity contribution in [1.29, 1.82) is 0 Å². The third-order valence-corrected chi connectivity index (χ3v) is 5.23. The minimum atomic E-state index is -1.07. The van der Waals surface area contributed by atoms with Gasteiger partial charge in [0.15, 0.2) is 0 Å². The molecular formula is C17H15NO4. The molecule has 0 radical (unpaired) electrons. The predicted octanol–water partition coefficient (Wildman–Crippen LogP) is 2.09. The Hall–Kier alpha value is -2.43. The van der Waals surface area contributed by atoms with Crippen molar-refractivity contribution in [2.45, 2.75) is 13.3 Å². The van der Waals surface area contributed by atoms with Crippen molar-refractivity contribution in [1.82, 2.24) is 0 Å². The van der Waals surface area contributed by atoms with Gasteiger partial charge in [-0.15, -0.1) is 0 Å². The largest absolute Gasteiger partial charge is 0.478 e. The average Bonchev–Trinajstić information content (AvgIpc) is 3.10. The number of amides is 2. The van der Waals surface area contributed by atoms with Gasteiger partial charge in [-0.3, -0.25) is 9.59 Å². The fourth-order valence-electron chi connectivity index (χ4n) is 4.31. The molecule has 4 rings (SSSR count). The first-order valence-electron chi connectivity index (χ1n) is 7.38. The number of nitrogens with zero attached hydrogens (tertiary/aromatic N) is 1. The second kappa shape index (κ2) is 4.29. The molecule has 22 heavy (non-hydrogen) atoms. The van der Waals surface area contributed by atoms with Crippen LogP contribution < -0.4 is 4.90 Å². The number of allylic oxidation sites excluding steroid dienone is 2. The minimum absolute atomic E-state index is 0.0763. The lowest BCUT2D eigenvalue weighted by molar-refractivity contribution is -0.123. The van der Waals surface area contributed by atoms with E-state index in [-0.39, 0.29) is 41.0 Å². The van der Waals surface area contributed by atoms with E-state index in [1.54, 1.807) is 12.1 Å². The van der Waals surface area contributed by atoms with E-state index in [0.717, 1.165) is 6.42 Å². The highest BCUT2D eigenvalue weighted by Gasteiger charge is 2.60. The molecule has 3 aliphatic rings. The standard InChI is InChI=1S/C17H15NO4/c1-8-5-10-7-12(8)14-13(10)15(19)18(16(14)20)11-4-2-3-9(6-11)17(21)22/h2-6,10,12-14H,7H2,1H3,(H,21,22)/t10-,12+,13+,14+/m0/s1. The molecule has 5 nitrogen and oxygen atoms in total. The number of hydrogen-bond donors (Lipinski definition) is 1. The van der Waals surface area contributed by atoms with Gasteiger partial charge in [0.2, 0.25) is 11.8 Å². The Morgan fingerprint density at radius 3 is 2.68 bits per heavy atom. The molecule has 1 N–H and O–H groups in total. The number of aromatic carboxylic acids is 1. The molecular weight excluding hydrogens is 282 g/mol. The van der Waals surface area contributed by atoms with Crippen LogP contribution in [0.2, 0.25) is 0 Å². The lowest BCUT2D eigenvalue weighted by Gasteiger charge is -2.19. The first kappa shape index (κ1) is 13.2. The van der Waals surface area contributed by atoms with Gasteiger partial charge >= 0.3 is 5.97 Å². The quantitative estimate of drug-likeness (QED) is 0.670. The number of carbonyl (C=O) groups excluding carboxylic acids is 2. The zero-order chi connectivity index (χ0) is 15.6. The average molecular weight is 297 g/mol. The number of hydrogen-bond acceptors (Lipinski definition) is 3. The maximum Gasteiger partial charge on any atom is 0.335 e. The number of carboxylic acid groups (broad SMARTS) is 1. The number of carbonyl (C=O) groups is 3. The molecule has 1 aliphatic heterocycles. The predicted molar refractivity (Wildman–Crippen MR) is 78.2 cm³/mol. The highest BCUT2D eigenvalue weighted by atomic mass is 16.4. The zero-order valence-electron chi connectivity index (χ0n) is 12.0. The monoisotopic (exact) mass is 297 g/mol. The van der Waals surface area contributed by atoms with Crippen molar-refractivity contribution in [2.75, 3.05) is 4.90 Å². The molecule has 1 saturated heterocycles. The van der Waals surface area contributed by atoms with Crippen LogP contribution in [0.25, 0.3) is 0 Å². The van der Waals surface area contributed by atoms with Gasteiger partial charge < -0.3 is 5.11 Å². The van der Waals surface area contributed by atoms with Gasteiger partial charge in [0.25, 0.3) is 0 Å². The molecule has 2 aliphatic carbocycles. The summed E-state index contributed by atoms with van der Waals surface area (Å²) in [6.07, 6.45) is 3.01. The Kier molecular flexibility index (Phi) is 2.58. The zero-order valence-corrected chi connectivity index (χ0v) is 12.0. The normalized spacial score (nSPS) is 32.4. The summed E-state index contributed by atoms with van der Waals surface area (Å²) in [4.78, 5) is 37.7. The molecule has 1 aromatic carbocycles. The topological polar surface area (TPSA) is 74.7 Å². The Bertz CT molecular complexity index is 751. The summed E-state index contributed by atoms with van der Waals surface area (Å²) >= 11 is 0. The summed E-state index contributed by atoms with van der Waals surface area (Å²) in [5.41, 5.74) is 1.64. The van der Waals surface area contributed by atoms with Crippen molar-refractivity contribution >= 4 is 23.5 Å². The minimum Gasteiger partial charge on any atom is -0.478 e. The molecule has 0 aromatic heterocycles. The Morgan fingerprint density at radius 1 is 1.23 bits per heavy atom. The van der Waals surface area contributed by atoms with Crippen LogP contribution in [0.1, 0.15) is 23.7 Å². The maximum absolute atomic E-state index is 12.7. The van der Waals surface area contributed by atoms with Crippen molar-refractivity contribution in [3.63, 3.8) is 0 Å². The van der Waals surface area contributed by atoms with Gasteiger partial charge in [0.05, 0.1) is 23.1 Å². The van der Waals surface area contributed by atoms with Gasteiger partial charge in [-0.25, -0.2) is 9.69 Å². The highest BCUT2D eigenvalue weighted by molar-refractivity contribution is 6.23. The molecule has 1 saturated carbocycles. The van der Waals surface area contributed by atoms with E-state index in [2.05, 4.69) is 6.08 Å². The number of rotatable bonds is 2. The summed E-state index contributed by atoms with van der Waals surface area (Å²) < 4.78 is 0. The van der Waals surface area contributed by atoms with Gasteiger partial charge in [-0.2, -0.15) is 0 Å². The van der Waals surface area contributed by atoms with Crippen molar-refractivity contribution < 1.29 is 19.5 Å². The number of carboxylic acids is 1. The van der Waals surface area contributed by atoms with Crippen LogP contribution in [0.4, 0.5) is 5.69 Å². The first-order chi connectivity index (χ1) is 10.5. The molecule has 4 atom stereocenters. The second-order valence-electron chi connectivity index (χ2n) is 6.34. The van der Waals surface area contributed by atoms with E-state index < -0.39 is 5.97 Å². The Balaban J connectivity index is 1.74. The molecule has 112 valence electrons. The lowest BCUT2D eigenvalue weighted by atomic mass is 9.82. The van der Waals surface area contributed by atoms with Gasteiger partial charge in [0, 0.05) is 0 Å². The van der Waals surface area contributed by atoms with E-state index in [1.165, 1.54) is 22.6 Å². The summed E-state index contributed by atoms with van der Waals surface area (Å²) in [6.45, 7) is 2.02. The van der Waals surface area contributed by atoms with Crippen LogP contribution in [0.15, 0.2) is 35.9 Å². The number of benzene rings is 1. The summed E-state index contributed by atoms with van der Waals surface area (Å²) in [6, 6.07) is 6.02. The molecule has 0 unspecified atom stereocenters. The Labute approximate surface area is 127 Å². The van der Waals surface area contributed by atoms with Crippen LogP contribution in [0, 0.1) is 23.7 Å². The van der Waals surface area contributed by atoms with Crippen molar-refractivity contribution in [3.05, 3.63) is 41.5 Å². The fraction of sp³-hybridized carbons (Fsp3) is 0.353. The number of imide groups is 1. The summed E-state index contributed by atoms with van der Waals surface area (Å²) in [7, 11) is 0. The van der Waals surface area contributed by atoms with Crippen LogP contribution in [0.5, 0.6) is 0 Å². The Morgan fingerprint density at radius 2 is 1.95 bits per heavy atom. The van der Waals surface area contributed by atoms with Crippen LogP contribution in [0.3, 0.4) is 0 Å². The van der Waals surface area contributed by atoms with E-state index >= 15 is 0 Å². The van der Waals surface area contributed by atoms with Crippen LogP contribution >= 0.6 is 0 Å². The van der Waals surface area contributed by atoms with Crippen LogP contribution in [-0.4, -0.2) is 22.9 Å². The molecule has 1 heterocycles. The van der Waals surface area contributed by atoms with Gasteiger partial charge in [0.1, 0.15) is 0 Å². The van der Waals surface area contributed by atoms with Gasteiger partial charge in [-0.05, 0) is 43.4 Å². The lowest BCUT2D eigenvalue weighted by Crippen LogP contribution is -2.33. The molecule has 5 heteroatoms. The SMILES string of the molecule is CC1=C[C@H]2C[C@H]1[C@H]1C(=O)N(c3cccc(C(=O)O)c3)C(=O)[C@@H]12. The molecule has 2 amide bonds. The second-order valence-corrected chi connectivity index (χ2v) is 6.34. The molecule has 2 fully saturated rings. The summed E-state index contributed by atoms with van der Waals surface area (Å²) in [5, 5.41) is 9.08. The van der Waals surface area contributed by atoms with Crippen molar-refractivity contribution in [3.8, 4) is 0 Å². The van der Waals surface area contributed by atoms with Crippen molar-refractivity contribution in [2.24, 2.45) is 23.7 Å². The number of fused-ring (bicyclic) bond motifs is 5. The first-order valence-corrected chi connectivity index (χ1v) is 7.38. The molecule has 1 aromatic rings. The van der Waals surface area contributed by atoms with Gasteiger partial charge in [-0.1, -0.05) is 17.7 Å². The molecule has 2 bridgehead atoms. The van der Waals surface area contributed by atoms with E-state index in [4.69, 9.17) is 5.11 Å². The highest BCUT2D eigenvalue weighted by Crippen LogP contribution is 2.55. The third-order valence-electron chi connectivity index (χ3n) is 5.23. The van der Waals surface area contributed by atoms with E-state index in [9.17, 15) is 14.4 Å². The third kappa shape index (κ3) is 1.56. The fourth-order valence-corrected chi connectivity index (χ4v) is 4.31. The maximum atomic E-state index is 12.7. The van der Waals surface area contributed by atoms with E-state index in [0.29, 0.717) is 5.69 Å². The smallest absolute Gasteiger partial charge is 0.335 e. The molecule has 0 spiro atoms. The van der Waals surface area contributed by atoms with Crippen LogP contribution in [-0.2, 0) is 9.59 Å². The number of anilines is 1.